The van der Waals surface area contributed by atoms with Gasteiger partial charge < -0.3 is 8.85 Å². The Hall–Kier alpha value is 0.137. The first kappa shape index (κ1) is 18.2. The van der Waals surface area contributed by atoms with Crippen LogP contribution in [-0.4, -0.2) is 22.8 Å². The van der Waals surface area contributed by atoms with Gasteiger partial charge in [-0.05, 0) is 30.1 Å². The highest BCUT2D eigenvalue weighted by Gasteiger charge is 2.62. The Kier molecular flexibility index (Phi) is 5.90. The first-order valence-corrected chi connectivity index (χ1v) is 10.2. The van der Waals surface area contributed by atoms with Gasteiger partial charge in [-0.2, -0.15) is 0 Å². The van der Waals surface area contributed by atoms with E-state index in [-0.39, 0.29) is 5.04 Å². The van der Waals surface area contributed by atoms with Crippen molar-refractivity contribution in [2.24, 2.45) is 23.7 Å². The monoisotopic (exact) mass is 300 g/mol. The van der Waals surface area contributed by atoms with Crippen molar-refractivity contribution in [3.8, 4) is 0 Å². The van der Waals surface area contributed by atoms with Crippen LogP contribution in [0.15, 0.2) is 0 Å². The normalized spacial score (nSPS) is 33.5. The van der Waals surface area contributed by atoms with Crippen molar-refractivity contribution in [2.75, 3.05) is 14.2 Å². The van der Waals surface area contributed by atoms with E-state index in [9.17, 15) is 0 Å². The van der Waals surface area contributed by atoms with E-state index in [4.69, 9.17) is 8.85 Å². The molecule has 2 nitrogen and oxygen atoms in total. The molecule has 0 spiro atoms. The van der Waals surface area contributed by atoms with Crippen molar-refractivity contribution in [3.63, 3.8) is 0 Å². The van der Waals surface area contributed by atoms with Gasteiger partial charge in [0.05, 0.1) is 0 Å². The summed E-state index contributed by atoms with van der Waals surface area (Å²) in [6, 6.07) is 0. The van der Waals surface area contributed by atoms with Crippen molar-refractivity contribution < 1.29 is 8.85 Å². The molecule has 1 fully saturated rings. The molecule has 0 aliphatic heterocycles. The molecule has 1 aliphatic carbocycles. The molecule has 20 heavy (non-hydrogen) atoms. The summed E-state index contributed by atoms with van der Waals surface area (Å²) in [5.41, 5.74) is 0.594. The zero-order valence-corrected chi connectivity index (χ0v) is 16.1. The third-order valence-corrected chi connectivity index (χ3v) is 12.1. The Bertz CT molecular complexity index is 312. The van der Waals surface area contributed by atoms with Gasteiger partial charge in [-0.3, -0.25) is 0 Å². The van der Waals surface area contributed by atoms with E-state index in [1.54, 1.807) is 0 Å². The smallest absolute Gasteiger partial charge is 0.347 e. The quantitative estimate of drug-likeness (QED) is 0.625. The van der Waals surface area contributed by atoms with Crippen molar-refractivity contribution >= 4 is 8.56 Å². The van der Waals surface area contributed by atoms with Crippen LogP contribution in [-0.2, 0) is 8.85 Å². The second-order valence-corrected chi connectivity index (χ2v) is 11.8. The number of hydrogen-bond acceptors (Lipinski definition) is 2. The van der Waals surface area contributed by atoms with Gasteiger partial charge in [-0.15, -0.1) is 0 Å². The molecule has 0 radical (unpaired) electrons. The van der Waals surface area contributed by atoms with Gasteiger partial charge >= 0.3 is 8.56 Å². The van der Waals surface area contributed by atoms with Crippen molar-refractivity contribution in [1.29, 1.82) is 0 Å². The Morgan fingerprint density at radius 1 is 1.10 bits per heavy atom. The Morgan fingerprint density at radius 2 is 1.60 bits per heavy atom. The molecule has 0 saturated heterocycles. The van der Waals surface area contributed by atoms with E-state index >= 15 is 0 Å². The molecule has 0 heterocycles. The fourth-order valence-corrected chi connectivity index (χ4v) is 10.1. The third kappa shape index (κ3) is 2.61. The van der Waals surface area contributed by atoms with Crippen LogP contribution in [0.5, 0.6) is 0 Å². The Morgan fingerprint density at radius 3 is 1.90 bits per heavy atom. The molecule has 0 bridgehead atoms. The SMILES string of the molecule is CCC(C)C(C)(C)[Si](OC)(OC)C1C(C)CC(C)C1C. The molecule has 0 aromatic heterocycles. The maximum absolute atomic E-state index is 6.26. The zero-order valence-electron chi connectivity index (χ0n) is 15.1. The van der Waals surface area contributed by atoms with Crippen LogP contribution < -0.4 is 0 Å². The molecule has 0 aromatic rings. The minimum atomic E-state index is -2.29. The predicted octanol–water partition coefficient (Wildman–Crippen LogP) is 5.23. The van der Waals surface area contributed by atoms with Crippen molar-refractivity contribution in [2.45, 2.75) is 71.9 Å². The van der Waals surface area contributed by atoms with E-state index in [1.165, 1.54) is 12.8 Å². The summed E-state index contributed by atoms with van der Waals surface area (Å²) in [7, 11) is 1.49. The maximum Gasteiger partial charge on any atom is 0.347 e. The summed E-state index contributed by atoms with van der Waals surface area (Å²) in [4.78, 5) is 0. The standard InChI is InChI=1S/C17H36O2Si/c1-10-14(4)17(6,7)20(18-8,19-9)16-13(3)11-12(2)15(16)5/h12-16H,10-11H2,1-9H3. The third-order valence-electron chi connectivity index (χ3n) is 6.61. The van der Waals surface area contributed by atoms with Gasteiger partial charge in [-0.25, -0.2) is 0 Å². The molecule has 3 heteroatoms. The van der Waals surface area contributed by atoms with Crippen LogP contribution in [0, 0.1) is 23.7 Å². The van der Waals surface area contributed by atoms with Gasteiger partial charge in [0.25, 0.3) is 0 Å². The average molecular weight is 301 g/mol. The highest BCUT2D eigenvalue weighted by molar-refractivity contribution is 6.72. The Labute approximate surface area is 127 Å². The Balaban J connectivity index is 3.28. The van der Waals surface area contributed by atoms with Crippen LogP contribution >= 0.6 is 0 Å². The number of hydrogen-bond donors (Lipinski definition) is 0. The minimum Gasteiger partial charge on any atom is -0.397 e. The van der Waals surface area contributed by atoms with Gasteiger partial charge in [0.15, 0.2) is 0 Å². The van der Waals surface area contributed by atoms with Crippen LogP contribution in [0.2, 0.25) is 10.6 Å². The lowest BCUT2D eigenvalue weighted by Gasteiger charge is -2.50. The molecule has 120 valence electrons. The van der Waals surface area contributed by atoms with E-state index in [2.05, 4.69) is 48.5 Å². The fraction of sp³-hybridized carbons (Fsp3) is 1.00. The minimum absolute atomic E-state index is 0.127. The van der Waals surface area contributed by atoms with Gasteiger partial charge in [0, 0.05) is 24.8 Å². The van der Waals surface area contributed by atoms with E-state index in [0.717, 1.165) is 5.92 Å². The highest BCUT2D eigenvalue weighted by Crippen LogP contribution is 2.60. The van der Waals surface area contributed by atoms with Crippen LogP contribution in [0.4, 0.5) is 0 Å². The molecule has 0 amide bonds. The van der Waals surface area contributed by atoms with Crippen LogP contribution in [0.3, 0.4) is 0 Å². The number of rotatable bonds is 6. The summed E-state index contributed by atoms with van der Waals surface area (Å²) < 4.78 is 12.5. The summed E-state index contributed by atoms with van der Waals surface area (Å²) in [6.07, 6.45) is 2.49. The summed E-state index contributed by atoms with van der Waals surface area (Å²) in [5, 5.41) is 0.127. The van der Waals surface area contributed by atoms with Crippen molar-refractivity contribution in [3.05, 3.63) is 0 Å². The molecule has 1 rings (SSSR count). The van der Waals surface area contributed by atoms with E-state index < -0.39 is 8.56 Å². The first-order chi connectivity index (χ1) is 9.19. The van der Waals surface area contributed by atoms with Crippen LogP contribution in [0.1, 0.15) is 61.3 Å². The second kappa shape index (κ2) is 6.49. The summed E-state index contributed by atoms with van der Waals surface area (Å²) in [5.74, 6) is 2.79. The van der Waals surface area contributed by atoms with Gasteiger partial charge in [0.2, 0.25) is 0 Å². The average Bonchev–Trinajstić information content (AvgIpc) is 2.66. The highest BCUT2D eigenvalue weighted by atomic mass is 28.4. The largest absolute Gasteiger partial charge is 0.397 e. The predicted molar refractivity (Wildman–Crippen MR) is 89.1 cm³/mol. The molecule has 1 saturated carbocycles. The summed E-state index contributed by atoms with van der Waals surface area (Å²) >= 11 is 0. The van der Waals surface area contributed by atoms with Crippen molar-refractivity contribution in [1.82, 2.24) is 0 Å². The summed E-state index contributed by atoms with van der Waals surface area (Å²) in [6.45, 7) is 16.6. The lowest BCUT2D eigenvalue weighted by Crippen LogP contribution is -2.58. The van der Waals surface area contributed by atoms with Crippen LogP contribution in [0.25, 0.3) is 0 Å². The molecule has 5 unspecified atom stereocenters. The molecular formula is C17H36O2Si. The first-order valence-electron chi connectivity index (χ1n) is 8.29. The molecule has 1 aliphatic rings. The van der Waals surface area contributed by atoms with Gasteiger partial charge in [-0.1, -0.05) is 54.9 Å². The lowest BCUT2D eigenvalue weighted by atomic mass is 9.94. The topological polar surface area (TPSA) is 18.5 Å². The molecule has 0 aromatic carbocycles. The molecule has 0 N–H and O–H groups in total. The fourth-order valence-electron chi connectivity index (χ4n) is 4.71. The zero-order chi connectivity index (χ0) is 15.7. The van der Waals surface area contributed by atoms with E-state index in [0.29, 0.717) is 23.3 Å². The maximum atomic E-state index is 6.26. The second-order valence-electron chi connectivity index (χ2n) is 7.68. The van der Waals surface area contributed by atoms with Gasteiger partial charge in [0.1, 0.15) is 0 Å². The lowest BCUT2D eigenvalue weighted by molar-refractivity contribution is 0.159. The molecular weight excluding hydrogens is 264 g/mol. The molecule has 5 atom stereocenters. The van der Waals surface area contributed by atoms with E-state index in [1.807, 2.05) is 14.2 Å².